The van der Waals surface area contributed by atoms with Gasteiger partial charge in [-0.25, -0.2) is 0 Å². The molecule has 0 aromatic heterocycles. The van der Waals surface area contributed by atoms with Crippen LogP contribution in [0.3, 0.4) is 0 Å². The molecule has 2 rings (SSSR count). The van der Waals surface area contributed by atoms with E-state index in [1.165, 1.54) is 5.56 Å². The first-order valence-corrected chi connectivity index (χ1v) is 6.93. The van der Waals surface area contributed by atoms with Gasteiger partial charge >= 0.3 is 0 Å². The number of amides is 1. The van der Waals surface area contributed by atoms with Crippen LogP contribution >= 0.6 is 12.4 Å². The lowest BCUT2D eigenvalue weighted by atomic mass is 10.1. The first-order valence-electron chi connectivity index (χ1n) is 6.93. The summed E-state index contributed by atoms with van der Waals surface area (Å²) in [5.41, 5.74) is 6.60. The van der Waals surface area contributed by atoms with Gasteiger partial charge in [-0.3, -0.25) is 4.79 Å². The summed E-state index contributed by atoms with van der Waals surface area (Å²) in [7, 11) is 0. The van der Waals surface area contributed by atoms with Crippen LogP contribution in [0.15, 0.2) is 30.3 Å². The van der Waals surface area contributed by atoms with Gasteiger partial charge in [0.2, 0.25) is 5.91 Å². The van der Waals surface area contributed by atoms with Crippen LogP contribution in [0, 0.1) is 0 Å². The Balaban J connectivity index is 0.00000200. The third kappa shape index (κ3) is 5.12. The fourth-order valence-corrected chi connectivity index (χ4v) is 2.34. The fourth-order valence-electron chi connectivity index (χ4n) is 2.34. The second-order valence-corrected chi connectivity index (χ2v) is 4.92. The summed E-state index contributed by atoms with van der Waals surface area (Å²) in [6.07, 6.45) is 2.56. The van der Waals surface area contributed by atoms with E-state index in [9.17, 15) is 4.79 Å². The van der Waals surface area contributed by atoms with E-state index >= 15 is 0 Å². The lowest BCUT2D eigenvalue weighted by molar-refractivity contribution is -0.133. The van der Waals surface area contributed by atoms with E-state index in [4.69, 9.17) is 10.5 Å². The number of piperidine rings is 1. The van der Waals surface area contributed by atoms with Crippen LogP contribution in [0.5, 0.6) is 0 Å². The van der Waals surface area contributed by atoms with Crippen LogP contribution in [0.4, 0.5) is 0 Å². The van der Waals surface area contributed by atoms with E-state index in [1.807, 2.05) is 23.1 Å². The van der Waals surface area contributed by atoms with Crippen LogP contribution in [0.1, 0.15) is 24.8 Å². The molecule has 112 valence electrons. The van der Waals surface area contributed by atoms with Gasteiger partial charge in [0.05, 0.1) is 12.7 Å². The third-order valence-electron chi connectivity index (χ3n) is 3.48. The van der Waals surface area contributed by atoms with E-state index in [1.54, 1.807) is 0 Å². The maximum atomic E-state index is 11.7. The Morgan fingerprint density at radius 3 is 2.50 bits per heavy atom. The number of nitrogens with zero attached hydrogens (tertiary/aromatic N) is 1. The molecule has 0 saturated carbocycles. The second kappa shape index (κ2) is 8.95. The molecule has 0 aliphatic carbocycles. The molecule has 0 atom stereocenters. The molecule has 5 heteroatoms. The largest absolute Gasteiger partial charge is 0.373 e. The van der Waals surface area contributed by atoms with Crippen molar-refractivity contribution in [2.75, 3.05) is 19.6 Å². The van der Waals surface area contributed by atoms with Crippen molar-refractivity contribution in [2.24, 2.45) is 5.73 Å². The van der Waals surface area contributed by atoms with Gasteiger partial charge in [-0.1, -0.05) is 30.3 Å². The zero-order valence-corrected chi connectivity index (χ0v) is 12.5. The molecule has 1 aromatic carbocycles. The predicted molar refractivity (Wildman–Crippen MR) is 81.8 cm³/mol. The Morgan fingerprint density at radius 1 is 1.25 bits per heavy atom. The standard InChI is InChI=1S/C15H22N2O2.ClH/c16-9-6-15(18)17-10-7-14(8-11-17)19-12-13-4-2-1-3-5-13;/h1-5,14H,6-12,16H2;1H. The van der Waals surface area contributed by atoms with Gasteiger partial charge in [-0.15, -0.1) is 12.4 Å². The fraction of sp³-hybridized carbons (Fsp3) is 0.533. The Labute approximate surface area is 126 Å². The zero-order valence-electron chi connectivity index (χ0n) is 11.7. The summed E-state index contributed by atoms with van der Waals surface area (Å²) in [5, 5.41) is 0. The molecule has 1 aliphatic heterocycles. The molecule has 0 spiro atoms. The summed E-state index contributed by atoms with van der Waals surface area (Å²) in [6.45, 7) is 2.67. The van der Waals surface area contributed by atoms with Gasteiger partial charge in [-0.2, -0.15) is 0 Å². The van der Waals surface area contributed by atoms with Crippen LogP contribution < -0.4 is 5.73 Å². The second-order valence-electron chi connectivity index (χ2n) is 4.92. The van der Waals surface area contributed by atoms with Gasteiger partial charge in [0.1, 0.15) is 0 Å². The molecule has 1 aromatic rings. The summed E-state index contributed by atoms with van der Waals surface area (Å²) in [5.74, 6) is 0.170. The topological polar surface area (TPSA) is 55.6 Å². The number of carbonyl (C=O) groups is 1. The van der Waals surface area contributed by atoms with Crippen molar-refractivity contribution in [2.45, 2.75) is 32.0 Å². The summed E-state index contributed by atoms with van der Waals surface area (Å²) < 4.78 is 5.89. The van der Waals surface area contributed by atoms with Gasteiger partial charge in [-0.05, 0) is 18.4 Å². The average Bonchev–Trinajstić information content (AvgIpc) is 2.47. The SMILES string of the molecule is Cl.NCCC(=O)N1CCC(OCc2ccccc2)CC1. The van der Waals surface area contributed by atoms with Crippen molar-refractivity contribution in [3.8, 4) is 0 Å². The molecule has 0 bridgehead atoms. The molecule has 0 unspecified atom stereocenters. The molecule has 1 fully saturated rings. The Morgan fingerprint density at radius 2 is 1.90 bits per heavy atom. The van der Waals surface area contributed by atoms with Crippen LogP contribution in [-0.2, 0) is 16.1 Å². The average molecular weight is 299 g/mol. The number of ether oxygens (including phenoxy) is 1. The molecule has 20 heavy (non-hydrogen) atoms. The number of halogens is 1. The summed E-state index contributed by atoms with van der Waals surface area (Å²) in [4.78, 5) is 13.6. The number of benzene rings is 1. The number of rotatable bonds is 5. The van der Waals surface area contributed by atoms with Crippen LogP contribution in [-0.4, -0.2) is 36.5 Å². The smallest absolute Gasteiger partial charge is 0.223 e. The lowest BCUT2D eigenvalue weighted by Gasteiger charge is -2.32. The Bertz CT molecular complexity index is 392. The minimum Gasteiger partial charge on any atom is -0.373 e. The van der Waals surface area contributed by atoms with Crippen molar-refractivity contribution < 1.29 is 9.53 Å². The van der Waals surface area contributed by atoms with Crippen molar-refractivity contribution >= 4 is 18.3 Å². The van der Waals surface area contributed by atoms with E-state index in [0.29, 0.717) is 19.6 Å². The zero-order chi connectivity index (χ0) is 13.5. The van der Waals surface area contributed by atoms with Crippen LogP contribution in [0.25, 0.3) is 0 Å². The molecule has 4 nitrogen and oxygen atoms in total. The number of carbonyl (C=O) groups excluding carboxylic acids is 1. The molecule has 1 saturated heterocycles. The molecule has 1 amide bonds. The maximum Gasteiger partial charge on any atom is 0.223 e. The van der Waals surface area contributed by atoms with Gasteiger partial charge in [0.15, 0.2) is 0 Å². The Kier molecular flexibility index (Phi) is 7.59. The van der Waals surface area contributed by atoms with Gasteiger partial charge in [0, 0.05) is 26.1 Å². The van der Waals surface area contributed by atoms with Crippen molar-refractivity contribution in [1.82, 2.24) is 4.90 Å². The van der Waals surface area contributed by atoms with Crippen molar-refractivity contribution in [3.05, 3.63) is 35.9 Å². The normalized spacial score (nSPS) is 15.8. The van der Waals surface area contributed by atoms with E-state index in [0.717, 1.165) is 25.9 Å². The minimum absolute atomic E-state index is 0. The number of nitrogens with two attached hydrogens (primary N) is 1. The van der Waals surface area contributed by atoms with E-state index in [2.05, 4.69) is 12.1 Å². The number of hydrogen-bond acceptors (Lipinski definition) is 3. The maximum absolute atomic E-state index is 11.7. The molecular formula is C15H23ClN2O2. The minimum atomic E-state index is 0. The summed E-state index contributed by atoms with van der Waals surface area (Å²) >= 11 is 0. The first-order chi connectivity index (χ1) is 9.29. The van der Waals surface area contributed by atoms with Gasteiger partial charge < -0.3 is 15.4 Å². The summed E-state index contributed by atoms with van der Waals surface area (Å²) in [6, 6.07) is 10.2. The van der Waals surface area contributed by atoms with Crippen molar-refractivity contribution in [1.29, 1.82) is 0 Å². The highest BCUT2D eigenvalue weighted by atomic mass is 35.5. The molecule has 1 aliphatic rings. The molecule has 0 radical (unpaired) electrons. The highest BCUT2D eigenvalue weighted by Gasteiger charge is 2.22. The highest BCUT2D eigenvalue weighted by Crippen LogP contribution is 2.16. The molecule has 2 N–H and O–H groups in total. The predicted octanol–water partition coefficient (Wildman–Crippen LogP) is 1.96. The highest BCUT2D eigenvalue weighted by molar-refractivity contribution is 5.85. The monoisotopic (exact) mass is 298 g/mol. The molecule has 1 heterocycles. The molecular weight excluding hydrogens is 276 g/mol. The quantitative estimate of drug-likeness (QED) is 0.904. The van der Waals surface area contributed by atoms with E-state index < -0.39 is 0 Å². The van der Waals surface area contributed by atoms with E-state index in [-0.39, 0.29) is 24.4 Å². The number of likely N-dealkylation sites (tertiary alicyclic amines) is 1. The number of hydrogen-bond donors (Lipinski definition) is 1. The lowest BCUT2D eigenvalue weighted by Crippen LogP contribution is -2.41. The first kappa shape index (κ1) is 17.0. The third-order valence-corrected chi connectivity index (χ3v) is 3.48. The van der Waals surface area contributed by atoms with Gasteiger partial charge in [0.25, 0.3) is 0 Å². The van der Waals surface area contributed by atoms with Crippen molar-refractivity contribution in [3.63, 3.8) is 0 Å². The van der Waals surface area contributed by atoms with Crippen LogP contribution in [0.2, 0.25) is 0 Å². The Hall–Kier alpha value is -1.10.